The summed E-state index contributed by atoms with van der Waals surface area (Å²) in [5.41, 5.74) is 0.684. The minimum Gasteiger partial charge on any atom is -0.496 e. The van der Waals surface area contributed by atoms with Gasteiger partial charge in [-0.3, -0.25) is 0 Å². The second kappa shape index (κ2) is 4.45. The molecule has 1 aromatic carbocycles. The zero-order valence-electron chi connectivity index (χ0n) is 8.45. The first-order valence-corrected chi connectivity index (χ1v) is 4.91. The standard InChI is InChI=1S/C11H8ClFN2O/c1-16-9-4-2-3-7(13)10(9)8-5-6-14-11(12)15-8/h2-6H,1H3. The number of methoxy groups -OCH3 is 1. The summed E-state index contributed by atoms with van der Waals surface area (Å²) in [4.78, 5) is 7.69. The summed E-state index contributed by atoms with van der Waals surface area (Å²) in [7, 11) is 1.47. The topological polar surface area (TPSA) is 35.0 Å². The van der Waals surface area contributed by atoms with Gasteiger partial charge in [-0.2, -0.15) is 0 Å². The van der Waals surface area contributed by atoms with Crippen molar-refractivity contribution in [3.63, 3.8) is 0 Å². The van der Waals surface area contributed by atoms with E-state index in [2.05, 4.69) is 9.97 Å². The SMILES string of the molecule is COc1cccc(F)c1-c1ccnc(Cl)n1. The Bertz CT molecular complexity index is 519. The normalized spacial score (nSPS) is 10.2. The third kappa shape index (κ3) is 1.97. The van der Waals surface area contributed by atoms with Crippen LogP contribution in [0.25, 0.3) is 11.3 Å². The summed E-state index contributed by atoms with van der Waals surface area (Å²) in [6.45, 7) is 0. The van der Waals surface area contributed by atoms with Gasteiger partial charge in [0.25, 0.3) is 0 Å². The maximum atomic E-state index is 13.7. The number of benzene rings is 1. The number of hydrogen-bond donors (Lipinski definition) is 0. The molecule has 0 aliphatic rings. The molecule has 0 saturated carbocycles. The number of aromatic nitrogens is 2. The monoisotopic (exact) mass is 238 g/mol. The van der Waals surface area contributed by atoms with Crippen molar-refractivity contribution in [2.45, 2.75) is 0 Å². The second-order valence-electron chi connectivity index (χ2n) is 3.03. The van der Waals surface area contributed by atoms with Crippen LogP contribution < -0.4 is 4.74 Å². The minimum atomic E-state index is -0.408. The molecular formula is C11H8ClFN2O. The van der Waals surface area contributed by atoms with Crippen molar-refractivity contribution in [3.8, 4) is 17.0 Å². The highest BCUT2D eigenvalue weighted by Gasteiger charge is 2.12. The molecule has 2 aromatic rings. The third-order valence-electron chi connectivity index (χ3n) is 2.08. The number of halogens is 2. The molecule has 16 heavy (non-hydrogen) atoms. The van der Waals surface area contributed by atoms with Gasteiger partial charge in [0.05, 0.1) is 18.4 Å². The Labute approximate surface area is 96.9 Å². The van der Waals surface area contributed by atoms with Crippen LogP contribution in [0.1, 0.15) is 0 Å². The fourth-order valence-electron chi connectivity index (χ4n) is 1.40. The maximum absolute atomic E-state index is 13.7. The lowest BCUT2D eigenvalue weighted by Crippen LogP contribution is -1.94. The van der Waals surface area contributed by atoms with Crippen molar-refractivity contribution in [2.24, 2.45) is 0 Å². The van der Waals surface area contributed by atoms with Gasteiger partial charge in [-0.05, 0) is 29.8 Å². The van der Waals surface area contributed by atoms with E-state index in [1.807, 2.05) is 0 Å². The smallest absolute Gasteiger partial charge is 0.222 e. The van der Waals surface area contributed by atoms with E-state index >= 15 is 0 Å². The summed E-state index contributed by atoms with van der Waals surface area (Å²) >= 11 is 5.66. The van der Waals surface area contributed by atoms with E-state index in [-0.39, 0.29) is 10.8 Å². The predicted octanol–water partition coefficient (Wildman–Crippen LogP) is 2.94. The molecule has 0 bridgehead atoms. The number of rotatable bonds is 2. The molecule has 2 rings (SSSR count). The molecule has 0 aliphatic carbocycles. The molecule has 0 amide bonds. The Morgan fingerprint density at radius 2 is 2.12 bits per heavy atom. The molecule has 1 aromatic heterocycles. The van der Waals surface area contributed by atoms with Crippen LogP contribution in [0.2, 0.25) is 5.28 Å². The molecule has 0 saturated heterocycles. The van der Waals surface area contributed by atoms with Crippen LogP contribution in [0.3, 0.4) is 0 Å². The van der Waals surface area contributed by atoms with Crippen molar-refractivity contribution < 1.29 is 9.13 Å². The van der Waals surface area contributed by atoms with Gasteiger partial charge in [0, 0.05) is 6.20 Å². The lowest BCUT2D eigenvalue weighted by molar-refractivity contribution is 0.413. The molecule has 0 spiro atoms. The van der Waals surface area contributed by atoms with Crippen molar-refractivity contribution in [3.05, 3.63) is 41.6 Å². The Morgan fingerprint density at radius 1 is 1.31 bits per heavy atom. The summed E-state index contributed by atoms with van der Waals surface area (Å²) < 4.78 is 18.7. The highest BCUT2D eigenvalue weighted by atomic mass is 35.5. The minimum absolute atomic E-state index is 0.0720. The molecule has 0 radical (unpaired) electrons. The number of ether oxygens (including phenoxy) is 1. The van der Waals surface area contributed by atoms with Crippen LogP contribution in [-0.2, 0) is 0 Å². The van der Waals surface area contributed by atoms with Crippen LogP contribution in [0.5, 0.6) is 5.75 Å². The molecule has 0 unspecified atom stereocenters. The molecule has 0 atom stereocenters. The Kier molecular flexibility index (Phi) is 3.01. The van der Waals surface area contributed by atoms with Crippen LogP contribution in [0.4, 0.5) is 4.39 Å². The first kappa shape index (κ1) is 10.8. The Balaban J connectivity index is 2.63. The first-order valence-electron chi connectivity index (χ1n) is 4.54. The summed E-state index contributed by atoms with van der Waals surface area (Å²) in [6, 6.07) is 6.15. The molecule has 1 heterocycles. The van der Waals surface area contributed by atoms with Gasteiger partial charge in [-0.25, -0.2) is 14.4 Å². The first-order chi connectivity index (χ1) is 7.72. The van der Waals surface area contributed by atoms with E-state index in [0.717, 1.165) is 0 Å². The van der Waals surface area contributed by atoms with Crippen LogP contribution in [0.15, 0.2) is 30.5 Å². The Morgan fingerprint density at radius 3 is 2.81 bits per heavy atom. The molecular weight excluding hydrogens is 231 g/mol. The van der Waals surface area contributed by atoms with E-state index < -0.39 is 5.82 Å². The van der Waals surface area contributed by atoms with Crippen molar-refractivity contribution in [1.82, 2.24) is 9.97 Å². The average molecular weight is 239 g/mol. The van der Waals surface area contributed by atoms with Gasteiger partial charge < -0.3 is 4.74 Å². The largest absolute Gasteiger partial charge is 0.496 e. The predicted molar refractivity (Wildman–Crippen MR) is 59.0 cm³/mol. The highest BCUT2D eigenvalue weighted by molar-refractivity contribution is 6.28. The van der Waals surface area contributed by atoms with Gasteiger partial charge >= 0.3 is 0 Å². The van der Waals surface area contributed by atoms with E-state index in [0.29, 0.717) is 11.4 Å². The summed E-state index contributed by atoms with van der Waals surface area (Å²) in [5, 5.41) is 0.0720. The zero-order valence-corrected chi connectivity index (χ0v) is 9.20. The highest BCUT2D eigenvalue weighted by Crippen LogP contribution is 2.31. The average Bonchev–Trinajstić information content (AvgIpc) is 2.28. The lowest BCUT2D eigenvalue weighted by Gasteiger charge is -2.08. The van der Waals surface area contributed by atoms with Gasteiger partial charge in [-0.1, -0.05) is 6.07 Å². The molecule has 0 fully saturated rings. The van der Waals surface area contributed by atoms with Crippen LogP contribution in [-0.4, -0.2) is 17.1 Å². The third-order valence-corrected chi connectivity index (χ3v) is 2.26. The van der Waals surface area contributed by atoms with Gasteiger partial charge in [0.2, 0.25) is 5.28 Å². The Hall–Kier alpha value is -1.68. The molecule has 82 valence electrons. The number of hydrogen-bond acceptors (Lipinski definition) is 3. The summed E-state index contributed by atoms with van der Waals surface area (Å²) in [6.07, 6.45) is 1.47. The zero-order chi connectivity index (χ0) is 11.5. The molecule has 5 heteroatoms. The maximum Gasteiger partial charge on any atom is 0.222 e. The van der Waals surface area contributed by atoms with Gasteiger partial charge in [0.15, 0.2) is 0 Å². The number of nitrogens with zero attached hydrogens (tertiary/aromatic N) is 2. The van der Waals surface area contributed by atoms with Crippen LogP contribution in [0, 0.1) is 5.82 Å². The fraction of sp³-hybridized carbons (Fsp3) is 0.0909. The molecule has 0 N–H and O–H groups in total. The van der Waals surface area contributed by atoms with E-state index in [4.69, 9.17) is 16.3 Å². The van der Waals surface area contributed by atoms with Gasteiger partial charge in [-0.15, -0.1) is 0 Å². The molecule has 0 aliphatic heterocycles. The second-order valence-corrected chi connectivity index (χ2v) is 3.37. The fourth-order valence-corrected chi connectivity index (χ4v) is 1.54. The van der Waals surface area contributed by atoms with E-state index in [9.17, 15) is 4.39 Å². The quantitative estimate of drug-likeness (QED) is 0.755. The van der Waals surface area contributed by atoms with E-state index in [1.165, 1.54) is 19.4 Å². The van der Waals surface area contributed by atoms with Crippen molar-refractivity contribution >= 4 is 11.6 Å². The molecule has 3 nitrogen and oxygen atoms in total. The summed E-state index contributed by atoms with van der Waals surface area (Å²) in [5.74, 6) is 0.00360. The van der Waals surface area contributed by atoms with Crippen LogP contribution >= 0.6 is 11.6 Å². The van der Waals surface area contributed by atoms with Crippen molar-refractivity contribution in [1.29, 1.82) is 0 Å². The van der Waals surface area contributed by atoms with Gasteiger partial charge in [0.1, 0.15) is 11.6 Å². The lowest BCUT2D eigenvalue weighted by atomic mass is 10.1. The van der Waals surface area contributed by atoms with Crippen molar-refractivity contribution in [2.75, 3.05) is 7.11 Å². The van der Waals surface area contributed by atoms with E-state index in [1.54, 1.807) is 18.2 Å².